The lowest BCUT2D eigenvalue weighted by Gasteiger charge is -2.13. The molecule has 0 aliphatic rings. The lowest BCUT2D eigenvalue weighted by molar-refractivity contribution is 0.141. The lowest BCUT2D eigenvalue weighted by Crippen LogP contribution is -2.29. The van der Waals surface area contributed by atoms with Crippen molar-refractivity contribution in [2.24, 2.45) is 7.05 Å². The smallest absolute Gasteiger partial charge is 0.293 e. The van der Waals surface area contributed by atoms with Crippen molar-refractivity contribution < 1.29 is 4.74 Å². The third-order valence-electron chi connectivity index (χ3n) is 1.97. The van der Waals surface area contributed by atoms with E-state index in [2.05, 4.69) is 10.3 Å². The van der Waals surface area contributed by atoms with Crippen molar-refractivity contribution in [1.82, 2.24) is 9.55 Å². The van der Waals surface area contributed by atoms with E-state index >= 15 is 0 Å². The molecule has 1 heterocycles. The summed E-state index contributed by atoms with van der Waals surface area (Å²) in [5, 5.41) is 3.02. The molecule has 84 valence electrons. The Morgan fingerprint density at radius 1 is 1.67 bits per heavy atom. The van der Waals surface area contributed by atoms with Gasteiger partial charge in [0.2, 0.25) is 0 Å². The fourth-order valence-corrected chi connectivity index (χ4v) is 1.17. The highest BCUT2D eigenvalue weighted by atomic mass is 16.5. The maximum Gasteiger partial charge on any atom is 0.293 e. The van der Waals surface area contributed by atoms with Crippen LogP contribution in [-0.4, -0.2) is 28.8 Å². The van der Waals surface area contributed by atoms with Crippen molar-refractivity contribution in [2.45, 2.75) is 19.9 Å². The van der Waals surface area contributed by atoms with Crippen LogP contribution < -0.4 is 10.9 Å². The van der Waals surface area contributed by atoms with Crippen LogP contribution in [0.5, 0.6) is 0 Å². The molecular formula is C10H17N3O2. The van der Waals surface area contributed by atoms with Crippen LogP contribution in [0, 0.1) is 0 Å². The molecule has 1 rings (SSSR count). The summed E-state index contributed by atoms with van der Waals surface area (Å²) in [6.07, 6.45) is 3.22. The molecule has 0 saturated heterocycles. The molecule has 5 nitrogen and oxygen atoms in total. The van der Waals surface area contributed by atoms with Crippen LogP contribution in [-0.2, 0) is 11.8 Å². The lowest BCUT2D eigenvalue weighted by atomic mass is 10.3. The highest BCUT2D eigenvalue weighted by molar-refractivity contribution is 5.31. The molecule has 1 aromatic rings. The molecule has 0 aliphatic heterocycles. The maximum atomic E-state index is 11.6. The molecule has 1 aromatic heterocycles. The van der Waals surface area contributed by atoms with Crippen LogP contribution >= 0.6 is 0 Å². The van der Waals surface area contributed by atoms with E-state index in [0.717, 1.165) is 0 Å². The molecular weight excluding hydrogens is 194 g/mol. The molecule has 15 heavy (non-hydrogen) atoms. The van der Waals surface area contributed by atoms with Gasteiger partial charge in [0.1, 0.15) is 0 Å². The van der Waals surface area contributed by atoms with E-state index in [-0.39, 0.29) is 11.6 Å². The van der Waals surface area contributed by atoms with Crippen molar-refractivity contribution in [3.8, 4) is 0 Å². The van der Waals surface area contributed by atoms with Gasteiger partial charge >= 0.3 is 0 Å². The summed E-state index contributed by atoms with van der Waals surface area (Å²) in [6, 6.07) is 0.0764. The average molecular weight is 211 g/mol. The monoisotopic (exact) mass is 211 g/mol. The van der Waals surface area contributed by atoms with E-state index in [1.165, 1.54) is 4.57 Å². The van der Waals surface area contributed by atoms with Gasteiger partial charge in [-0.05, 0) is 13.8 Å². The molecule has 5 heteroatoms. The van der Waals surface area contributed by atoms with Gasteiger partial charge < -0.3 is 14.6 Å². The predicted octanol–water partition coefficient (Wildman–Crippen LogP) is 0.617. The van der Waals surface area contributed by atoms with Gasteiger partial charge in [-0.1, -0.05) is 0 Å². The van der Waals surface area contributed by atoms with E-state index in [1.807, 2.05) is 13.8 Å². The number of aryl methyl sites for hydroxylation is 1. The van der Waals surface area contributed by atoms with Gasteiger partial charge in [-0.2, -0.15) is 0 Å². The summed E-state index contributed by atoms with van der Waals surface area (Å²) in [5.41, 5.74) is -0.124. The largest absolute Gasteiger partial charge is 0.380 e. The summed E-state index contributed by atoms with van der Waals surface area (Å²) in [7, 11) is 1.70. The van der Waals surface area contributed by atoms with Gasteiger partial charge in [0.15, 0.2) is 5.82 Å². The first-order chi connectivity index (χ1) is 7.15. The first-order valence-corrected chi connectivity index (χ1v) is 5.01. The fraction of sp³-hybridized carbons (Fsp3) is 0.600. The molecule has 0 radical (unpaired) electrons. The zero-order valence-electron chi connectivity index (χ0n) is 9.36. The molecule has 0 saturated carbocycles. The van der Waals surface area contributed by atoms with Crippen molar-refractivity contribution in [1.29, 1.82) is 0 Å². The van der Waals surface area contributed by atoms with Crippen molar-refractivity contribution >= 4 is 5.82 Å². The quantitative estimate of drug-likeness (QED) is 0.775. The van der Waals surface area contributed by atoms with Crippen LogP contribution in [0.2, 0.25) is 0 Å². The Morgan fingerprint density at radius 2 is 2.40 bits per heavy atom. The second kappa shape index (κ2) is 5.50. The van der Waals surface area contributed by atoms with Gasteiger partial charge in [0.25, 0.3) is 5.56 Å². The Labute approximate surface area is 89.1 Å². The van der Waals surface area contributed by atoms with Crippen LogP contribution in [0.3, 0.4) is 0 Å². The summed E-state index contributed by atoms with van der Waals surface area (Å²) in [5.74, 6) is 0.368. The van der Waals surface area contributed by atoms with Gasteiger partial charge in [-0.15, -0.1) is 0 Å². The van der Waals surface area contributed by atoms with Crippen molar-refractivity contribution in [3.63, 3.8) is 0 Å². The molecule has 0 spiro atoms. The molecule has 0 aromatic carbocycles. The average Bonchev–Trinajstić information content (AvgIpc) is 2.22. The summed E-state index contributed by atoms with van der Waals surface area (Å²) >= 11 is 0. The molecule has 0 aliphatic carbocycles. The topological polar surface area (TPSA) is 56.1 Å². The van der Waals surface area contributed by atoms with E-state index < -0.39 is 0 Å². The number of anilines is 1. The number of rotatable bonds is 5. The summed E-state index contributed by atoms with van der Waals surface area (Å²) in [6.45, 7) is 5.12. The maximum absolute atomic E-state index is 11.6. The Morgan fingerprint density at radius 3 is 3.07 bits per heavy atom. The zero-order chi connectivity index (χ0) is 11.3. The Bertz CT molecular complexity index is 362. The van der Waals surface area contributed by atoms with Crippen LogP contribution in [0.1, 0.15) is 13.8 Å². The van der Waals surface area contributed by atoms with Gasteiger partial charge in [-0.25, -0.2) is 4.98 Å². The first-order valence-electron chi connectivity index (χ1n) is 5.01. The van der Waals surface area contributed by atoms with E-state index in [4.69, 9.17) is 4.74 Å². The van der Waals surface area contributed by atoms with E-state index in [9.17, 15) is 4.79 Å². The highest BCUT2D eigenvalue weighted by Gasteiger charge is 2.06. The molecule has 0 fully saturated rings. The van der Waals surface area contributed by atoms with Gasteiger partial charge in [-0.3, -0.25) is 4.79 Å². The summed E-state index contributed by atoms with van der Waals surface area (Å²) < 4.78 is 6.73. The van der Waals surface area contributed by atoms with Gasteiger partial charge in [0.05, 0.1) is 6.61 Å². The summed E-state index contributed by atoms with van der Waals surface area (Å²) in [4.78, 5) is 15.6. The van der Waals surface area contributed by atoms with E-state index in [1.54, 1.807) is 19.4 Å². The highest BCUT2D eigenvalue weighted by Crippen LogP contribution is 1.96. The van der Waals surface area contributed by atoms with Crippen LogP contribution in [0.4, 0.5) is 5.82 Å². The first kappa shape index (κ1) is 11.7. The van der Waals surface area contributed by atoms with Crippen LogP contribution in [0.15, 0.2) is 17.2 Å². The standard InChI is InChI=1S/C10H17N3O2/c1-4-15-7-8(2)12-9-10(14)13(3)6-5-11-9/h5-6,8H,4,7H2,1-3H3,(H,11,12). The minimum Gasteiger partial charge on any atom is -0.380 e. The molecule has 1 atom stereocenters. The number of nitrogens with zero attached hydrogens (tertiary/aromatic N) is 2. The molecule has 1 N–H and O–H groups in total. The molecule has 1 unspecified atom stereocenters. The van der Waals surface area contributed by atoms with E-state index in [0.29, 0.717) is 19.0 Å². The SMILES string of the molecule is CCOCC(C)Nc1nccn(C)c1=O. The number of nitrogens with one attached hydrogen (secondary N) is 1. The molecule has 0 amide bonds. The Balaban J connectivity index is 2.64. The second-order valence-electron chi connectivity index (χ2n) is 3.40. The normalized spacial score (nSPS) is 12.5. The van der Waals surface area contributed by atoms with Gasteiger partial charge in [0, 0.05) is 32.1 Å². The number of hydrogen-bond donors (Lipinski definition) is 1. The molecule has 0 bridgehead atoms. The number of ether oxygens (including phenoxy) is 1. The number of aromatic nitrogens is 2. The zero-order valence-corrected chi connectivity index (χ0v) is 9.36. The number of hydrogen-bond acceptors (Lipinski definition) is 4. The Hall–Kier alpha value is -1.36. The fourth-order valence-electron chi connectivity index (χ4n) is 1.17. The minimum absolute atomic E-state index is 0.0764. The second-order valence-corrected chi connectivity index (χ2v) is 3.40. The predicted molar refractivity (Wildman–Crippen MR) is 59.1 cm³/mol. The Kier molecular flexibility index (Phi) is 4.30. The van der Waals surface area contributed by atoms with Crippen molar-refractivity contribution in [3.05, 3.63) is 22.7 Å². The van der Waals surface area contributed by atoms with Crippen molar-refractivity contribution in [2.75, 3.05) is 18.5 Å². The third kappa shape index (κ3) is 3.36. The third-order valence-corrected chi connectivity index (χ3v) is 1.97. The minimum atomic E-state index is -0.124. The van der Waals surface area contributed by atoms with Crippen LogP contribution in [0.25, 0.3) is 0 Å².